The Morgan fingerprint density at radius 2 is 1.05 bits per heavy atom. The van der Waals surface area contributed by atoms with Crippen molar-refractivity contribution < 1.29 is 13.2 Å². The van der Waals surface area contributed by atoms with E-state index in [4.69, 9.17) is 4.74 Å². The van der Waals surface area contributed by atoms with Crippen LogP contribution in [0.1, 0.15) is 39.3 Å². The maximum absolute atomic E-state index is 15.2. The SMILES string of the molecule is O=S1(=O)C(c2ccccc2)=C[C@@]12[C@H](c1ccccc1)[C@@]1(c3ccccc3)O[C@@]2(c2ccccc2)c2ccccc21. The number of ether oxygens (including phenoxy) is 1. The molecule has 194 valence electrons. The molecule has 5 aromatic carbocycles. The van der Waals surface area contributed by atoms with Gasteiger partial charge in [0, 0.05) is 5.92 Å². The fourth-order valence-corrected chi connectivity index (χ4v) is 10.1. The zero-order valence-electron chi connectivity index (χ0n) is 21.6. The Balaban J connectivity index is 1.57. The first-order valence-corrected chi connectivity index (χ1v) is 15.0. The van der Waals surface area contributed by atoms with E-state index in [2.05, 4.69) is 24.3 Å². The first-order chi connectivity index (χ1) is 19.6. The van der Waals surface area contributed by atoms with Crippen molar-refractivity contribution in [1.82, 2.24) is 0 Å². The second-order valence-corrected chi connectivity index (χ2v) is 12.9. The van der Waals surface area contributed by atoms with Crippen LogP contribution in [0.4, 0.5) is 0 Å². The van der Waals surface area contributed by atoms with Gasteiger partial charge in [-0.15, -0.1) is 0 Å². The molecule has 4 heteroatoms. The molecular formula is C36H26O3S. The molecule has 0 aliphatic carbocycles. The summed E-state index contributed by atoms with van der Waals surface area (Å²) >= 11 is 0. The highest BCUT2D eigenvalue weighted by atomic mass is 32.2. The van der Waals surface area contributed by atoms with E-state index in [0.29, 0.717) is 10.5 Å². The second-order valence-electron chi connectivity index (χ2n) is 10.8. The van der Waals surface area contributed by atoms with Crippen LogP contribution in [-0.4, -0.2) is 13.2 Å². The van der Waals surface area contributed by atoms with Gasteiger partial charge in [0.25, 0.3) is 0 Å². The van der Waals surface area contributed by atoms with Gasteiger partial charge >= 0.3 is 0 Å². The van der Waals surface area contributed by atoms with Crippen molar-refractivity contribution in [2.75, 3.05) is 0 Å². The minimum Gasteiger partial charge on any atom is -0.347 e. The third-order valence-corrected chi connectivity index (χ3v) is 11.5. The van der Waals surface area contributed by atoms with Crippen LogP contribution in [0.25, 0.3) is 4.91 Å². The molecule has 0 unspecified atom stereocenters. The summed E-state index contributed by atoms with van der Waals surface area (Å²) < 4.78 is 36.5. The van der Waals surface area contributed by atoms with Gasteiger partial charge in [-0.25, -0.2) is 8.42 Å². The number of fused-ring (bicyclic) bond motifs is 6. The Kier molecular flexibility index (Phi) is 4.80. The van der Waals surface area contributed by atoms with Crippen LogP contribution < -0.4 is 0 Å². The van der Waals surface area contributed by atoms with Gasteiger partial charge in [-0.1, -0.05) is 146 Å². The molecule has 5 aromatic rings. The maximum Gasteiger partial charge on any atom is 0.192 e. The number of hydrogen-bond donors (Lipinski definition) is 0. The Hall–Kier alpha value is -4.25. The number of benzene rings is 5. The summed E-state index contributed by atoms with van der Waals surface area (Å²) in [5.74, 6) is -0.531. The van der Waals surface area contributed by atoms with Crippen LogP contribution in [0.5, 0.6) is 0 Å². The summed E-state index contributed by atoms with van der Waals surface area (Å²) in [7, 11) is -3.90. The first kappa shape index (κ1) is 23.6. The zero-order valence-corrected chi connectivity index (χ0v) is 22.5. The average Bonchev–Trinajstić information content (AvgIpc) is 3.50. The maximum atomic E-state index is 15.2. The lowest BCUT2D eigenvalue weighted by Crippen LogP contribution is -2.62. The summed E-state index contributed by atoms with van der Waals surface area (Å²) in [5.41, 5.74) is 3.07. The van der Waals surface area contributed by atoms with Crippen molar-refractivity contribution in [2.45, 2.75) is 21.9 Å². The summed E-state index contributed by atoms with van der Waals surface area (Å²) in [5, 5.41) is 0. The average molecular weight is 539 g/mol. The second kappa shape index (κ2) is 8.14. The third kappa shape index (κ3) is 2.61. The van der Waals surface area contributed by atoms with Crippen molar-refractivity contribution in [3.05, 3.63) is 185 Å². The van der Waals surface area contributed by atoms with Crippen LogP contribution in [0.3, 0.4) is 0 Å². The van der Waals surface area contributed by atoms with E-state index in [1.807, 2.05) is 127 Å². The molecule has 1 spiro atoms. The topological polar surface area (TPSA) is 43.4 Å². The minimum absolute atomic E-state index is 0.362. The fraction of sp³-hybridized carbons (Fsp3) is 0.111. The molecule has 40 heavy (non-hydrogen) atoms. The standard InChI is InChI=1S/C36H26O3S/c37-40(38)32(26-15-5-1-6-16-26)25-34(40)33(27-17-7-2-8-18-27)35(28-19-9-3-10-20-28)30-23-13-14-24-31(30)36(34,39-35)29-21-11-4-12-22-29/h1-25,33H/t33-,34-,35-,36-/m0/s1. The predicted molar refractivity (Wildman–Crippen MR) is 157 cm³/mol. The van der Waals surface area contributed by atoms with E-state index in [9.17, 15) is 0 Å². The van der Waals surface area contributed by atoms with E-state index in [0.717, 1.165) is 27.8 Å². The molecule has 0 radical (unpaired) electrons. The molecule has 1 fully saturated rings. The van der Waals surface area contributed by atoms with Gasteiger partial charge in [-0.3, -0.25) is 0 Å². The molecular weight excluding hydrogens is 512 g/mol. The minimum atomic E-state index is -3.90. The largest absolute Gasteiger partial charge is 0.347 e. The quantitative estimate of drug-likeness (QED) is 0.243. The molecule has 0 amide bonds. The monoisotopic (exact) mass is 538 g/mol. The van der Waals surface area contributed by atoms with Gasteiger partial charge in [0.15, 0.2) is 9.84 Å². The Morgan fingerprint density at radius 1 is 0.550 bits per heavy atom. The van der Waals surface area contributed by atoms with E-state index in [1.165, 1.54) is 0 Å². The highest BCUT2D eigenvalue weighted by Gasteiger charge is 2.84. The lowest BCUT2D eigenvalue weighted by molar-refractivity contribution is -0.0478. The molecule has 8 rings (SSSR count). The Bertz CT molecular complexity index is 1890. The van der Waals surface area contributed by atoms with Crippen LogP contribution in [-0.2, 0) is 25.8 Å². The molecule has 0 saturated carbocycles. The Morgan fingerprint density at radius 3 is 1.65 bits per heavy atom. The molecule has 0 N–H and O–H groups in total. The van der Waals surface area contributed by atoms with Crippen LogP contribution in [0, 0.1) is 0 Å². The van der Waals surface area contributed by atoms with Crippen molar-refractivity contribution in [3.63, 3.8) is 0 Å². The van der Waals surface area contributed by atoms with E-state index in [1.54, 1.807) is 0 Å². The van der Waals surface area contributed by atoms with Gasteiger partial charge in [-0.2, -0.15) is 0 Å². The van der Waals surface area contributed by atoms with Gasteiger partial charge in [0.2, 0.25) is 0 Å². The van der Waals surface area contributed by atoms with Crippen molar-refractivity contribution in [1.29, 1.82) is 0 Å². The van der Waals surface area contributed by atoms with E-state index in [-0.39, 0.29) is 0 Å². The number of rotatable bonds is 4. The van der Waals surface area contributed by atoms with Gasteiger partial charge in [0.05, 0.1) is 4.91 Å². The van der Waals surface area contributed by atoms with Crippen molar-refractivity contribution in [2.24, 2.45) is 0 Å². The lowest BCUT2D eigenvalue weighted by Gasteiger charge is -2.53. The molecule has 4 atom stereocenters. The zero-order chi connectivity index (χ0) is 27.0. The predicted octanol–water partition coefficient (Wildman–Crippen LogP) is 7.21. The summed E-state index contributed by atoms with van der Waals surface area (Å²) in [4.78, 5) is 0.362. The first-order valence-electron chi connectivity index (χ1n) is 13.6. The van der Waals surface area contributed by atoms with Gasteiger partial charge in [0.1, 0.15) is 15.9 Å². The smallest absolute Gasteiger partial charge is 0.192 e. The van der Waals surface area contributed by atoms with E-state index >= 15 is 8.42 Å². The highest BCUT2D eigenvalue weighted by Crippen LogP contribution is 2.78. The molecule has 3 aliphatic rings. The third-order valence-electron chi connectivity index (χ3n) is 9.06. The molecule has 3 heterocycles. The van der Waals surface area contributed by atoms with Crippen molar-refractivity contribution in [3.8, 4) is 0 Å². The summed E-state index contributed by atoms with van der Waals surface area (Å²) in [6.45, 7) is 0. The van der Waals surface area contributed by atoms with Crippen molar-refractivity contribution >= 4 is 14.7 Å². The fourth-order valence-electron chi connectivity index (χ4n) is 7.63. The van der Waals surface area contributed by atoms with Gasteiger partial charge in [-0.05, 0) is 39.5 Å². The molecule has 0 aromatic heterocycles. The Labute approximate surface area is 234 Å². The highest BCUT2D eigenvalue weighted by molar-refractivity contribution is 8.03. The molecule has 1 saturated heterocycles. The molecule has 2 bridgehead atoms. The lowest BCUT2D eigenvalue weighted by atomic mass is 9.57. The van der Waals surface area contributed by atoms with Crippen LogP contribution in [0.15, 0.2) is 152 Å². The molecule has 3 aliphatic heterocycles. The van der Waals surface area contributed by atoms with Gasteiger partial charge < -0.3 is 4.74 Å². The number of hydrogen-bond acceptors (Lipinski definition) is 3. The normalized spacial score (nSPS) is 29.0. The summed E-state index contributed by atoms with van der Waals surface area (Å²) in [6, 6.07) is 47.7. The number of sulfone groups is 1. The van der Waals surface area contributed by atoms with Crippen LogP contribution >= 0.6 is 0 Å². The molecule has 3 nitrogen and oxygen atoms in total. The van der Waals surface area contributed by atoms with E-state index < -0.39 is 31.7 Å². The van der Waals surface area contributed by atoms with Crippen LogP contribution in [0.2, 0.25) is 0 Å². The summed E-state index contributed by atoms with van der Waals surface area (Å²) in [6.07, 6.45) is 2.00.